The van der Waals surface area contributed by atoms with E-state index >= 15 is 0 Å². The Morgan fingerprint density at radius 2 is 1.33 bits per heavy atom. The van der Waals surface area contributed by atoms with Crippen LogP contribution in [0, 0.1) is 29.6 Å². The summed E-state index contributed by atoms with van der Waals surface area (Å²) >= 11 is 3.45. The molecule has 2 aliphatic carbocycles. The Labute approximate surface area is 281 Å². The molecule has 4 amide bonds. The first-order valence-corrected chi connectivity index (χ1v) is 15.9. The second kappa shape index (κ2) is 11.4. The summed E-state index contributed by atoms with van der Waals surface area (Å²) < 4.78 is 5.93. The average Bonchev–Trinajstić information content (AvgIpc) is 3.48. The third-order valence-corrected chi connectivity index (χ3v) is 10.4. The number of carboxylic acids is 2. The smallest absolute Gasteiger partial charge is 0.335 e. The van der Waals surface area contributed by atoms with Gasteiger partial charge in [0.15, 0.2) is 11.5 Å². The van der Waals surface area contributed by atoms with Crippen LogP contribution in [-0.4, -0.2) is 58.0 Å². The third-order valence-electron chi connectivity index (χ3n) is 9.98. The summed E-state index contributed by atoms with van der Waals surface area (Å²) in [6.07, 6.45) is 2.00. The second-order valence-corrected chi connectivity index (χ2v) is 13.2. The average molecular weight is 716 g/mol. The highest BCUT2D eigenvalue weighted by Gasteiger charge is 2.62. The summed E-state index contributed by atoms with van der Waals surface area (Å²) in [5.74, 6) is -10.1. The van der Waals surface area contributed by atoms with Crippen molar-refractivity contribution in [1.29, 1.82) is 0 Å². The van der Waals surface area contributed by atoms with Crippen molar-refractivity contribution in [3.8, 4) is 11.5 Å². The molecule has 0 radical (unpaired) electrons. The van der Waals surface area contributed by atoms with E-state index in [4.69, 9.17) is 4.74 Å². The summed E-state index contributed by atoms with van der Waals surface area (Å²) in [6, 6.07) is 14.2. The van der Waals surface area contributed by atoms with Gasteiger partial charge < -0.3 is 20.1 Å². The number of phenolic OH excluding ortho intramolecular Hbond substituents is 1. The lowest BCUT2D eigenvalue weighted by atomic mass is 9.57. The van der Waals surface area contributed by atoms with Crippen molar-refractivity contribution in [2.45, 2.75) is 18.8 Å². The molecule has 7 rings (SSSR count). The summed E-state index contributed by atoms with van der Waals surface area (Å²) in [7, 11) is 1.38. The Hall–Kier alpha value is -5.30. The molecule has 2 aliphatic heterocycles. The molecule has 3 aromatic rings. The normalized spacial score (nSPS) is 26.2. The lowest BCUT2D eigenvalue weighted by molar-refractivity contribution is -0.126. The Bertz CT molecular complexity index is 2010. The number of phenols is 1. The van der Waals surface area contributed by atoms with Gasteiger partial charge in [0.05, 0.1) is 53.3 Å². The molecule has 1 saturated carbocycles. The van der Waals surface area contributed by atoms with Crippen LogP contribution in [0.1, 0.15) is 45.0 Å². The molecule has 0 bridgehead atoms. The van der Waals surface area contributed by atoms with Crippen molar-refractivity contribution in [2.75, 3.05) is 16.9 Å². The van der Waals surface area contributed by atoms with Gasteiger partial charge in [-0.3, -0.25) is 29.0 Å². The zero-order chi connectivity index (χ0) is 34.2. The number of allylic oxidation sites excluding steroid dienone is 2. The fraction of sp³-hybridized carbons (Fsp3) is 0.257. The quantitative estimate of drug-likeness (QED) is 0.241. The van der Waals surface area contributed by atoms with Gasteiger partial charge in [-0.25, -0.2) is 9.59 Å². The minimum absolute atomic E-state index is 0.0434. The Balaban J connectivity index is 1.36. The summed E-state index contributed by atoms with van der Waals surface area (Å²) in [5.41, 5.74) is 0.907. The van der Waals surface area contributed by atoms with E-state index in [0.717, 1.165) is 9.80 Å². The highest BCUT2D eigenvalue weighted by molar-refractivity contribution is 9.10. The first-order valence-electron chi connectivity index (χ1n) is 15.1. The molecule has 4 aliphatic rings. The maximum atomic E-state index is 14.3. The first kappa shape index (κ1) is 31.3. The highest BCUT2D eigenvalue weighted by atomic mass is 79.9. The Kier molecular flexibility index (Phi) is 7.46. The molecule has 3 aromatic carbocycles. The van der Waals surface area contributed by atoms with Gasteiger partial charge in [-0.15, -0.1) is 0 Å². The number of anilines is 2. The predicted molar refractivity (Wildman–Crippen MR) is 172 cm³/mol. The molecule has 3 fully saturated rings. The predicted octanol–water partition coefficient (Wildman–Crippen LogP) is 4.60. The monoisotopic (exact) mass is 714 g/mol. The van der Waals surface area contributed by atoms with Gasteiger partial charge in [0, 0.05) is 16.0 Å². The molecule has 48 heavy (non-hydrogen) atoms. The molecule has 244 valence electrons. The number of carbonyl (C=O) groups excluding carboxylic acids is 4. The lowest BCUT2D eigenvalue weighted by Crippen LogP contribution is -2.43. The number of rotatable bonds is 6. The number of fused-ring (bicyclic) bond motifs is 4. The van der Waals surface area contributed by atoms with Crippen molar-refractivity contribution in [3.05, 3.63) is 93.5 Å². The number of carboxylic acid groups (broad SMARTS) is 2. The third kappa shape index (κ3) is 4.63. The zero-order valence-corrected chi connectivity index (χ0v) is 26.8. The number of halogens is 1. The fourth-order valence-electron chi connectivity index (χ4n) is 7.99. The van der Waals surface area contributed by atoms with Crippen LogP contribution >= 0.6 is 15.9 Å². The van der Waals surface area contributed by atoms with Crippen LogP contribution in [-0.2, 0) is 19.2 Å². The molecule has 6 unspecified atom stereocenters. The van der Waals surface area contributed by atoms with Crippen molar-refractivity contribution in [2.24, 2.45) is 29.6 Å². The van der Waals surface area contributed by atoms with Crippen molar-refractivity contribution in [1.82, 2.24) is 0 Å². The number of aromatic hydroxyl groups is 1. The number of hydrogen-bond acceptors (Lipinski definition) is 8. The Morgan fingerprint density at radius 3 is 1.90 bits per heavy atom. The standard InChI is InChI=1S/C35H27BrN2O10/c1-48-25-13-17(36)12-23(29(25)39)26-20-8-9-21-27(32(42)37(30(21)40)18-6-2-4-15(10-18)34(44)45)22(20)14-24-28(26)33(43)38(31(24)41)19-7-3-5-16(11-19)35(46)47/h2-8,10-13,21-22,24,26-28,39H,9,14H2,1H3,(H,44,45)(H,46,47). The van der Waals surface area contributed by atoms with Crippen LogP contribution in [0.4, 0.5) is 11.4 Å². The van der Waals surface area contributed by atoms with Crippen LogP contribution in [0.3, 0.4) is 0 Å². The van der Waals surface area contributed by atoms with E-state index in [9.17, 15) is 44.1 Å². The van der Waals surface area contributed by atoms with Gasteiger partial charge in [0.1, 0.15) is 0 Å². The van der Waals surface area contributed by atoms with Crippen molar-refractivity contribution < 1.29 is 48.8 Å². The number of imide groups is 2. The van der Waals surface area contributed by atoms with Crippen LogP contribution in [0.5, 0.6) is 11.5 Å². The van der Waals surface area contributed by atoms with Gasteiger partial charge in [0.2, 0.25) is 23.6 Å². The van der Waals surface area contributed by atoms with Crippen molar-refractivity contribution >= 4 is 62.9 Å². The Morgan fingerprint density at radius 1 is 0.771 bits per heavy atom. The number of aromatic carboxylic acids is 2. The summed E-state index contributed by atoms with van der Waals surface area (Å²) in [6.45, 7) is 0. The van der Waals surface area contributed by atoms with E-state index in [0.29, 0.717) is 10.0 Å². The molecule has 0 spiro atoms. The van der Waals surface area contributed by atoms with Crippen LogP contribution in [0.2, 0.25) is 0 Å². The first-order chi connectivity index (χ1) is 22.9. The highest BCUT2D eigenvalue weighted by Crippen LogP contribution is 2.60. The minimum atomic E-state index is -1.23. The van der Waals surface area contributed by atoms with E-state index in [-0.39, 0.29) is 52.4 Å². The molecule has 2 saturated heterocycles. The molecule has 12 nitrogen and oxygen atoms in total. The SMILES string of the molecule is COc1cc(Br)cc(C2C3=CCC4C(=O)N(c5cccc(C(=O)O)c5)C(=O)C4C3CC3C(=O)N(c4cccc(C(=O)O)c4)C(=O)C32)c1O. The van der Waals surface area contributed by atoms with Gasteiger partial charge in [-0.1, -0.05) is 39.7 Å². The summed E-state index contributed by atoms with van der Waals surface area (Å²) in [4.78, 5) is 81.9. The molecule has 2 heterocycles. The van der Waals surface area contributed by atoms with Gasteiger partial charge in [-0.2, -0.15) is 0 Å². The molecular formula is C35H27BrN2O10. The molecule has 0 aromatic heterocycles. The number of methoxy groups -OCH3 is 1. The molecular weight excluding hydrogens is 688 g/mol. The second-order valence-electron chi connectivity index (χ2n) is 12.3. The van der Waals surface area contributed by atoms with Crippen LogP contribution < -0.4 is 14.5 Å². The number of benzene rings is 3. The molecule has 6 atom stereocenters. The topological polar surface area (TPSA) is 179 Å². The summed E-state index contributed by atoms with van der Waals surface area (Å²) in [5, 5.41) is 30.5. The molecule has 3 N–H and O–H groups in total. The van der Waals surface area contributed by atoms with Crippen LogP contribution in [0.15, 0.2) is 76.8 Å². The van der Waals surface area contributed by atoms with E-state index < -0.39 is 71.1 Å². The van der Waals surface area contributed by atoms with Crippen LogP contribution in [0.25, 0.3) is 0 Å². The number of carbonyl (C=O) groups is 6. The van der Waals surface area contributed by atoms with Gasteiger partial charge >= 0.3 is 11.9 Å². The van der Waals surface area contributed by atoms with Gasteiger partial charge in [-0.05, 0) is 67.3 Å². The minimum Gasteiger partial charge on any atom is -0.504 e. The molecule has 13 heteroatoms. The lowest BCUT2D eigenvalue weighted by Gasteiger charge is -2.44. The largest absolute Gasteiger partial charge is 0.504 e. The number of hydrogen-bond donors (Lipinski definition) is 3. The van der Waals surface area contributed by atoms with Crippen molar-refractivity contribution in [3.63, 3.8) is 0 Å². The van der Waals surface area contributed by atoms with E-state index in [1.54, 1.807) is 12.1 Å². The maximum Gasteiger partial charge on any atom is 0.335 e. The van der Waals surface area contributed by atoms with E-state index in [1.165, 1.54) is 55.6 Å². The van der Waals surface area contributed by atoms with E-state index in [1.807, 2.05) is 6.08 Å². The van der Waals surface area contributed by atoms with Gasteiger partial charge in [0.25, 0.3) is 0 Å². The number of ether oxygens (including phenoxy) is 1. The zero-order valence-electron chi connectivity index (χ0n) is 25.2. The number of amides is 4. The number of nitrogens with zero attached hydrogens (tertiary/aromatic N) is 2. The maximum absolute atomic E-state index is 14.3. The van der Waals surface area contributed by atoms with E-state index in [2.05, 4.69) is 15.9 Å². The fourth-order valence-corrected chi connectivity index (χ4v) is 8.44.